The summed E-state index contributed by atoms with van der Waals surface area (Å²) < 4.78 is 11.2. The molecule has 0 saturated carbocycles. The van der Waals surface area contributed by atoms with E-state index in [2.05, 4.69) is 5.32 Å². The van der Waals surface area contributed by atoms with E-state index in [9.17, 15) is 19.8 Å². The van der Waals surface area contributed by atoms with E-state index in [0.29, 0.717) is 11.3 Å². The monoisotopic (exact) mass is 452 g/mol. The number of amides is 2. The molecule has 4 rings (SSSR count). The highest BCUT2D eigenvalue weighted by Gasteiger charge is 2.50. The van der Waals surface area contributed by atoms with Gasteiger partial charge in [0.2, 0.25) is 11.8 Å². The lowest BCUT2D eigenvalue weighted by molar-refractivity contribution is -0.141. The molecule has 8 nitrogen and oxygen atoms in total. The Morgan fingerprint density at radius 2 is 1.85 bits per heavy atom. The SMILES string of the molecule is COCC(=O)N(Cc1ccccc1)C1C=C(C(=O)NCCO)C2c3ccccc3OC2C1O. The number of para-hydroxylation sites is 1. The van der Waals surface area contributed by atoms with Crippen LogP contribution < -0.4 is 10.1 Å². The molecule has 1 aliphatic carbocycles. The molecular weight excluding hydrogens is 424 g/mol. The third-order valence-corrected chi connectivity index (χ3v) is 6.02. The Bertz CT molecular complexity index is 1020. The van der Waals surface area contributed by atoms with Gasteiger partial charge in [-0.2, -0.15) is 0 Å². The number of ether oxygens (including phenoxy) is 2. The second-order valence-corrected chi connectivity index (χ2v) is 8.12. The molecule has 0 spiro atoms. The Kier molecular flexibility index (Phi) is 7.08. The molecule has 8 heteroatoms. The predicted molar refractivity (Wildman–Crippen MR) is 120 cm³/mol. The summed E-state index contributed by atoms with van der Waals surface area (Å²) in [6.45, 7) is -0.0272. The fraction of sp³-hybridized carbons (Fsp3) is 0.360. The highest BCUT2D eigenvalue weighted by molar-refractivity contribution is 5.96. The minimum atomic E-state index is -1.07. The normalized spacial score (nSPS) is 23.1. The van der Waals surface area contributed by atoms with E-state index in [1.165, 1.54) is 12.0 Å². The van der Waals surface area contributed by atoms with Gasteiger partial charge in [0.05, 0.1) is 18.6 Å². The summed E-state index contributed by atoms with van der Waals surface area (Å²) in [5.74, 6) is -0.561. The van der Waals surface area contributed by atoms with E-state index in [4.69, 9.17) is 9.47 Å². The number of aliphatic hydroxyl groups is 2. The van der Waals surface area contributed by atoms with E-state index < -0.39 is 24.2 Å². The Labute approximate surface area is 192 Å². The first-order valence-electron chi connectivity index (χ1n) is 10.9. The van der Waals surface area contributed by atoms with Crippen LogP contribution in [-0.4, -0.2) is 72.0 Å². The first-order chi connectivity index (χ1) is 16.0. The molecule has 0 fully saturated rings. The molecular formula is C25H28N2O6. The standard InChI is InChI=1S/C25H28N2O6/c1-32-15-21(29)27(14-16-7-3-2-4-8-16)19-13-18(25(31)26-11-12-28)22-17-9-5-6-10-20(17)33-24(22)23(19)30/h2-10,13,19,22-24,28,30H,11-12,14-15H2,1H3,(H,26,31). The van der Waals surface area contributed by atoms with Crippen molar-refractivity contribution in [2.24, 2.45) is 0 Å². The van der Waals surface area contributed by atoms with Gasteiger partial charge in [0, 0.05) is 31.3 Å². The summed E-state index contributed by atoms with van der Waals surface area (Å²) in [5, 5.41) is 23.2. The van der Waals surface area contributed by atoms with Gasteiger partial charge in [-0.1, -0.05) is 48.5 Å². The third-order valence-electron chi connectivity index (χ3n) is 6.02. The van der Waals surface area contributed by atoms with Crippen LogP contribution in [0.1, 0.15) is 17.0 Å². The molecule has 4 unspecified atom stereocenters. The van der Waals surface area contributed by atoms with Gasteiger partial charge in [-0.05, 0) is 17.7 Å². The number of hydrogen-bond donors (Lipinski definition) is 3. The van der Waals surface area contributed by atoms with Crippen LogP contribution in [0.15, 0.2) is 66.2 Å². The Morgan fingerprint density at radius 1 is 1.12 bits per heavy atom. The van der Waals surface area contributed by atoms with Gasteiger partial charge in [-0.15, -0.1) is 0 Å². The molecule has 174 valence electrons. The van der Waals surface area contributed by atoms with Crippen molar-refractivity contribution in [2.75, 3.05) is 26.9 Å². The summed E-state index contributed by atoms with van der Waals surface area (Å²) in [5.41, 5.74) is 2.09. The van der Waals surface area contributed by atoms with Gasteiger partial charge >= 0.3 is 0 Å². The van der Waals surface area contributed by atoms with E-state index in [0.717, 1.165) is 11.1 Å². The van der Waals surface area contributed by atoms with Gasteiger partial charge in [-0.25, -0.2) is 0 Å². The van der Waals surface area contributed by atoms with Crippen molar-refractivity contribution in [3.8, 4) is 5.75 Å². The number of carbonyl (C=O) groups is 2. The number of benzene rings is 2. The van der Waals surface area contributed by atoms with Crippen molar-refractivity contribution >= 4 is 11.8 Å². The van der Waals surface area contributed by atoms with Crippen molar-refractivity contribution < 1.29 is 29.3 Å². The number of aliphatic hydroxyl groups excluding tert-OH is 2. The molecule has 0 aromatic heterocycles. The smallest absolute Gasteiger partial charge is 0.249 e. The second-order valence-electron chi connectivity index (χ2n) is 8.12. The summed E-state index contributed by atoms with van der Waals surface area (Å²) in [6.07, 6.45) is -0.150. The lowest BCUT2D eigenvalue weighted by atomic mass is 9.77. The van der Waals surface area contributed by atoms with E-state index in [1.54, 1.807) is 12.1 Å². The van der Waals surface area contributed by atoms with Crippen molar-refractivity contribution in [3.63, 3.8) is 0 Å². The zero-order chi connectivity index (χ0) is 23.4. The summed E-state index contributed by atoms with van der Waals surface area (Å²) >= 11 is 0. The fourth-order valence-electron chi connectivity index (χ4n) is 4.54. The highest BCUT2D eigenvalue weighted by atomic mass is 16.5. The van der Waals surface area contributed by atoms with Crippen LogP contribution in [0.5, 0.6) is 5.75 Å². The van der Waals surface area contributed by atoms with E-state index in [1.807, 2.05) is 48.5 Å². The van der Waals surface area contributed by atoms with Crippen LogP contribution in [0.25, 0.3) is 0 Å². The van der Waals surface area contributed by atoms with Gasteiger partial charge in [0.1, 0.15) is 24.6 Å². The topological polar surface area (TPSA) is 108 Å². The number of carbonyl (C=O) groups excluding carboxylic acids is 2. The molecule has 1 aliphatic heterocycles. The molecule has 0 radical (unpaired) electrons. The maximum absolute atomic E-state index is 13.1. The Balaban J connectivity index is 1.75. The number of hydrogen-bond acceptors (Lipinski definition) is 6. The molecule has 1 heterocycles. The molecule has 3 N–H and O–H groups in total. The summed E-state index contributed by atoms with van der Waals surface area (Å²) in [6, 6.07) is 16.0. The zero-order valence-corrected chi connectivity index (χ0v) is 18.4. The van der Waals surface area contributed by atoms with Crippen molar-refractivity contribution in [1.29, 1.82) is 0 Å². The molecule has 0 saturated heterocycles. The van der Waals surface area contributed by atoms with Gasteiger partial charge < -0.3 is 29.9 Å². The van der Waals surface area contributed by atoms with Gasteiger partial charge in [0.25, 0.3) is 0 Å². The molecule has 2 aromatic carbocycles. The third kappa shape index (κ3) is 4.64. The first kappa shape index (κ1) is 23.0. The Hall–Kier alpha value is -3.20. The summed E-state index contributed by atoms with van der Waals surface area (Å²) in [4.78, 5) is 27.6. The average molecular weight is 453 g/mol. The van der Waals surface area contributed by atoms with E-state index >= 15 is 0 Å². The lowest BCUT2D eigenvalue weighted by Gasteiger charge is -2.40. The second kappa shape index (κ2) is 10.2. The van der Waals surface area contributed by atoms with Crippen LogP contribution in [0.3, 0.4) is 0 Å². The quantitative estimate of drug-likeness (QED) is 0.551. The summed E-state index contributed by atoms with van der Waals surface area (Å²) in [7, 11) is 1.44. The minimum Gasteiger partial charge on any atom is -0.486 e. The van der Waals surface area contributed by atoms with Crippen LogP contribution in [0, 0.1) is 0 Å². The number of methoxy groups -OCH3 is 1. The molecule has 2 aliphatic rings. The first-order valence-corrected chi connectivity index (χ1v) is 10.9. The zero-order valence-electron chi connectivity index (χ0n) is 18.4. The molecule has 4 atom stereocenters. The maximum Gasteiger partial charge on any atom is 0.249 e. The van der Waals surface area contributed by atoms with Crippen LogP contribution in [0.2, 0.25) is 0 Å². The number of nitrogens with zero attached hydrogens (tertiary/aromatic N) is 1. The van der Waals surface area contributed by atoms with Gasteiger partial charge in [0.15, 0.2) is 0 Å². The van der Waals surface area contributed by atoms with Crippen LogP contribution in [0.4, 0.5) is 0 Å². The largest absolute Gasteiger partial charge is 0.486 e. The fourth-order valence-corrected chi connectivity index (χ4v) is 4.54. The average Bonchev–Trinajstić information content (AvgIpc) is 3.23. The number of fused-ring (bicyclic) bond motifs is 3. The van der Waals surface area contributed by atoms with E-state index in [-0.39, 0.29) is 38.1 Å². The lowest BCUT2D eigenvalue weighted by Crippen LogP contribution is -2.56. The highest BCUT2D eigenvalue weighted by Crippen LogP contribution is 2.47. The number of rotatable bonds is 8. The molecule has 33 heavy (non-hydrogen) atoms. The number of nitrogens with one attached hydrogen (secondary N) is 1. The van der Waals surface area contributed by atoms with Crippen molar-refractivity contribution in [3.05, 3.63) is 77.4 Å². The predicted octanol–water partition coefficient (Wildman–Crippen LogP) is 0.984. The van der Waals surface area contributed by atoms with Crippen molar-refractivity contribution in [1.82, 2.24) is 10.2 Å². The minimum absolute atomic E-state index is 0.0968. The maximum atomic E-state index is 13.1. The molecule has 2 amide bonds. The van der Waals surface area contributed by atoms with Crippen molar-refractivity contribution in [2.45, 2.75) is 30.7 Å². The van der Waals surface area contributed by atoms with Crippen LogP contribution >= 0.6 is 0 Å². The van der Waals surface area contributed by atoms with Crippen LogP contribution in [-0.2, 0) is 20.9 Å². The molecule has 2 aromatic rings. The van der Waals surface area contributed by atoms with Gasteiger partial charge in [-0.3, -0.25) is 9.59 Å². The molecule has 0 bridgehead atoms. The Morgan fingerprint density at radius 3 is 2.58 bits per heavy atom.